The lowest BCUT2D eigenvalue weighted by Gasteiger charge is -2.12. The van der Waals surface area contributed by atoms with Gasteiger partial charge in [0.1, 0.15) is 0 Å². The van der Waals surface area contributed by atoms with Crippen LogP contribution in [0.3, 0.4) is 0 Å². The molecule has 0 heterocycles. The van der Waals surface area contributed by atoms with Crippen LogP contribution in [0.15, 0.2) is 18.2 Å². The molecular formula is C14H20N2O3. The van der Waals surface area contributed by atoms with Gasteiger partial charge >= 0.3 is 11.8 Å². The number of amides is 2. The number of hydrogen-bond donors (Lipinski definition) is 3. The highest BCUT2D eigenvalue weighted by atomic mass is 16.3. The van der Waals surface area contributed by atoms with Crippen molar-refractivity contribution in [2.24, 2.45) is 0 Å². The van der Waals surface area contributed by atoms with E-state index < -0.39 is 11.8 Å². The number of aliphatic hydroxyl groups excluding tert-OH is 1. The maximum absolute atomic E-state index is 11.7. The molecule has 0 spiro atoms. The number of aliphatic hydroxyl groups is 1. The first-order valence-electron chi connectivity index (χ1n) is 6.23. The van der Waals surface area contributed by atoms with Gasteiger partial charge in [-0.1, -0.05) is 6.07 Å². The first kappa shape index (κ1) is 15.2. The molecule has 104 valence electrons. The minimum Gasteiger partial charge on any atom is -0.396 e. The molecule has 0 radical (unpaired) electrons. The van der Waals surface area contributed by atoms with E-state index in [-0.39, 0.29) is 12.6 Å². The van der Waals surface area contributed by atoms with Crippen molar-refractivity contribution in [2.45, 2.75) is 33.2 Å². The minimum atomic E-state index is -0.699. The van der Waals surface area contributed by atoms with Gasteiger partial charge in [0.05, 0.1) is 0 Å². The fraction of sp³-hybridized carbons (Fsp3) is 0.429. The lowest BCUT2D eigenvalue weighted by molar-refractivity contribution is -0.136. The van der Waals surface area contributed by atoms with Crippen molar-refractivity contribution in [3.05, 3.63) is 29.3 Å². The Balaban J connectivity index is 2.61. The number of anilines is 1. The molecular weight excluding hydrogens is 244 g/mol. The number of carbonyl (C=O) groups excluding carboxylic acids is 2. The van der Waals surface area contributed by atoms with Gasteiger partial charge in [0.2, 0.25) is 0 Å². The summed E-state index contributed by atoms with van der Waals surface area (Å²) in [6.07, 6.45) is 0.419. The van der Waals surface area contributed by atoms with Gasteiger partial charge in [0.25, 0.3) is 0 Å². The summed E-state index contributed by atoms with van der Waals surface area (Å²) in [6, 6.07) is 5.35. The number of nitrogens with one attached hydrogen (secondary N) is 2. The molecule has 19 heavy (non-hydrogen) atoms. The molecule has 2 amide bonds. The summed E-state index contributed by atoms with van der Waals surface area (Å²) in [4.78, 5) is 23.3. The predicted octanol–water partition coefficient (Wildman–Crippen LogP) is 1.13. The van der Waals surface area contributed by atoms with E-state index in [1.807, 2.05) is 19.9 Å². The summed E-state index contributed by atoms with van der Waals surface area (Å²) in [6.45, 7) is 5.55. The van der Waals surface area contributed by atoms with Crippen LogP contribution in [0.5, 0.6) is 0 Å². The van der Waals surface area contributed by atoms with Crippen LogP contribution in [0.4, 0.5) is 5.69 Å². The molecule has 5 nitrogen and oxygen atoms in total. The minimum absolute atomic E-state index is 0.0276. The van der Waals surface area contributed by atoms with E-state index in [9.17, 15) is 9.59 Å². The number of hydrogen-bond acceptors (Lipinski definition) is 3. The predicted molar refractivity (Wildman–Crippen MR) is 73.9 cm³/mol. The third kappa shape index (κ3) is 5.09. The molecule has 1 aromatic carbocycles. The molecule has 1 atom stereocenters. The fourth-order valence-corrected chi connectivity index (χ4v) is 1.79. The Labute approximate surface area is 113 Å². The van der Waals surface area contributed by atoms with Crippen molar-refractivity contribution < 1.29 is 14.7 Å². The summed E-state index contributed by atoms with van der Waals surface area (Å²) >= 11 is 0. The number of benzene rings is 1. The largest absolute Gasteiger partial charge is 0.396 e. The molecule has 5 heteroatoms. The Morgan fingerprint density at radius 2 is 1.74 bits per heavy atom. The third-order valence-corrected chi connectivity index (χ3v) is 2.63. The van der Waals surface area contributed by atoms with Crippen molar-refractivity contribution in [3.63, 3.8) is 0 Å². The standard InChI is InChI=1S/C14H20N2O3/c1-9-6-10(2)8-12(7-9)16-14(19)13(18)15-11(3)4-5-17/h6-8,11,17H,4-5H2,1-3H3,(H,15,18)(H,16,19)/t11-/m1/s1. The van der Waals surface area contributed by atoms with E-state index >= 15 is 0 Å². The zero-order chi connectivity index (χ0) is 14.4. The molecule has 3 N–H and O–H groups in total. The van der Waals surface area contributed by atoms with Gasteiger partial charge < -0.3 is 15.7 Å². The van der Waals surface area contributed by atoms with Gasteiger partial charge in [-0.15, -0.1) is 0 Å². The molecule has 0 unspecified atom stereocenters. The first-order chi connectivity index (χ1) is 8.92. The van der Waals surface area contributed by atoms with E-state index in [0.717, 1.165) is 11.1 Å². The van der Waals surface area contributed by atoms with Crippen LogP contribution in [-0.4, -0.2) is 29.6 Å². The lowest BCUT2D eigenvalue weighted by atomic mass is 10.1. The summed E-state index contributed by atoms with van der Waals surface area (Å²) in [5, 5.41) is 13.8. The molecule has 0 bridgehead atoms. The van der Waals surface area contributed by atoms with Gasteiger partial charge in [-0.25, -0.2) is 0 Å². The Morgan fingerprint density at radius 3 is 2.26 bits per heavy atom. The number of rotatable bonds is 4. The van der Waals surface area contributed by atoms with E-state index in [1.165, 1.54) is 0 Å². The molecule has 0 fully saturated rings. The third-order valence-electron chi connectivity index (χ3n) is 2.63. The van der Waals surface area contributed by atoms with Crippen LogP contribution in [-0.2, 0) is 9.59 Å². The quantitative estimate of drug-likeness (QED) is 0.713. The summed E-state index contributed by atoms with van der Waals surface area (Å²) in [7, 11) is 0. The summed E-state index contributed by atoms with van der Waals surface area (Å²) < 4.78 is 0. The lowest BCUT2D eigenvalue weighted by Crippen LogP contribution is -2.40. The van der Waals surface area contributed by atoms with Crippen LogP contribution in [0.25, 0.3) is 0 Å². The van der Waals surface area contributed by atoms with Crippen molar-refractivity contribution in [1.82, 2.24) is 5.32 Å². The fourth-order valence-electron chi connectivity index (χ4n) is 1.79. The molecule has 0 aliphatic carbocycles. The summed E-state index contributed by atoms with van der Waals surface area (Å²) in [5.74, 6) is -1.39. The number of aryl methyl sites for hydroxylation is 2. The Kier molecular flexibility index (Phi) is 5.51. The van der Waals surface area contributed by atoms with Crippen LogP contribution >= 0.6 is 0 Å². The monoisotopic (exact) mass is 264 g/mol. The summed E-state index contributed by atoms with van der Waals surface area (Å²) in [5.41, 5.74) is 2.64. The maximum atomic E-state index is 11.7. The van der Waals surface area contributed by atoms with Crippen molar-refractivity contribution >= 4 is 17.5 Å². The highest BCUT2D eigenvalue weighted by Gasteiger charge is 2.16. The average Bonchev–Trinajstić information content (AvgIpc) is 2.27. The van der Waals surface area contributed by atoms with E-state index in [4.69, 9.17) is 5.11 Å². The first-order valence-corrected chi connectivity index (χ1v) is 6.23. The Morgan fingerprint density at radius 1 is 1.16 bits per heavy atom. The molecule has 1 rings (SSSR count). The van der Waals surface area contributed by atoms with Crippen LogP contribution < -0.4 is 10.6 Å². The van der Waals surface area contributed by atoms with Crippen LogP contribution in [0, 0.1) is 13.8 Å². The SMILES string of the molecule is Cc1cc(C)cc(NC(=O)C(=O)N[C@H](C)CCO)c1. The Hall–Kier alpha value is -1.88. The molecule has 0 aliphatic heterocycles. The molecule has 0 saturated heterocycles. The second-order valence-corrected chi connectivity index (χ2v) is 4.72. The molecule has 1 aromatic rings. The van der Waals surface area contributed by atoms with E-state index in [0.29, 0.717) is 12.1 Å². The second kappa shape index (κ2) is 6.89. The van der Waals surface area contributed by atoms with Gasteiger partial charge in [-0.2, -0.15) is 0 Å². The van der Waals surface area contributed by atoms with Crippen molar-refractivity contribution in [1.29, 1.82) is 0 Å². The zero-order valence-electron chi connectivity index (χ0n) is 11.5. The highest BCUT2D eigenvalue weighted by Crippen LogP contribution is 2.13. The van der Waals surface area contributed by atoms with Gasteiger partial charge in [-0.3, -0.25) is 9.59 Å². The van der Waals surface area contributed by atoms with E-state index in [2.05, 4.69) is 10.6 Å². The molecule has 0 saturated carbocycles. The Bertz CT molecular complexity index is 452. The molecule has 0 aromatic heterocycles. The van der Waals surface area contributed by atoms with Gasteiger partial charge in [0, 0.05) is 18.3 Å². The zero-order valence-corrected chi connectivity index (χ0v) is 11.5. The van der Waals surface area contributed by atoms with Crippen molar-refractivity contribution in [3.8, 4) is 0 Å². The average molecular weight is 264 g/mol. The topological polar surface area (TPSA) is 78.4 Å². The van der Waals surface area contributed by atoms with E-state index in [1.54, 1.807) is 19.1 Å². The van der Waals surface area contributed by atoms with Gasteiger partial charge in [0.15, 0.2) is 0 Å². The normalized spacial score (nSPS) is 11.8. The number of carbonyl (C=O) groups is 2. The highest BCUT2D eigenvalue weighted by molar-refractivity contribution is 6.39. The maximum Gasteiger partial charge on any atom is 0.313 e. The van der Waals surface area contributed by atoms with Crippen LogP contribution in [0.2, 0.25) is 0 Å². The smallest absolute Gasteiger partial charge is 0.313 e. The second-order valence-electron chi connectivity index (χ2n) is 4.72. The van der Waals surface area contributed by atoms with Crippen LogP contribution in [0.1, 0.15) is 24.5 Å². The van der Waals surface area contributed by atoms with Gasteiger partial charge in [-0.05, 0) is 50.5 Å². The molecule has 0 aliphatic rings. The van der Waals surface area contributed by atoms with Crippen molar-refractivity contribution in [2.75, 3.05) is 11.9 Å².